The summed E-state index contributed by atoms with van der Waals surface area (Å²) in [6.45, 7) is -0.0227. The minimum Gasteiger partial charge on any atom is -0.397 e. The molecule has 1 aliphatic carbocycles. The molecule has 1 fully saturated rings. The highest BCUT2D eigenvalue weighted by Crippen LogP contribution is 2.35. The number of aromatic nitrogens is 1. The van der Waals surface area contributed by atoms with E-state index in [9.17, 15) is 9.90 Å². The molecule has 0 aromatic carbocycles. The molecule has 0 spiro atoms. The van der Waals surface area contributed by atoms with E-state index in [1.54, 1.807) is 12.4 Å². The molecule has 0 saturated heterocycles. The minimum absolute atomic E-state index is 0.0227. The number of anilines is 1. The van der Waals surface area contributed by atoms with E-state index < -0.39 is 5.54 Å². The SMILES string of the molecule is Nc1c(C(=O)NC2(CO)CCC2)sc2cnccc12. The van der Waals surface area contributed by atoms with Crippen LogP contribution in [0, 0.1) is 0 Å². The van der Waals surface area contributed by atoms with Crippen LogP contribution >= 0.6 is 11.3 Å². The summed E-state index contributed by atoms with van der Waals surface area (Å²) in [5, 5.41) is 13.2. The van der Waals surface area contributed by atoms with Gasteiger partial charge >= 0.3 is 0 Å². The van der Waals surface area contributed by atoms with Crippen molar-refractivity contribution < 1.29 is 9.90 Å². The standard InChI is InChI=1S/C13H15N3O2S/c14-10-8-2-5-15-6-9(8)19-11(10)12(18)16-13(7-17)3-1-4-13/h2,5-6,17H,1,3-4,7,14H2,(H,16,18). The quantitative estimate of drug-likeness (QED) is 0.793. The van der Waals surface area contributed by atoms with Crippen LogP contribution in [0.15, 0.2) is 18.5 Å². The third kappa shape index (κ3) is 1.97. The number of nitrogen functional groups attached to an aromatic ring is 1. The van der Waals surface area contributed by atoms with Gasteiger partial charge in [-0.25, -0.2) is 0 Å². The molecular weight excluding hydrogens is 262 g/mol. The summed E-state index contributed by atoms with van der Waals surface area (Å²) in [5.74, 6) is -0.201. The molecule has 1 amide bonds. The van der Waals surface area contributed by atoms with Crippen molar-refractivity contribution in [2.24, 2.45) is 0 Å². The first kappa shape index (κ1) is 12.4. The molecule has 100 valence electrons. The lowest BCUT2D eigenvalue weighted by atomic mass is 9.77. The molecule has 0 radical (unpaired) electrons. The van der Waals surface area contributed by atoms with E-state index in [1.807, 2.05) is 6.07 Å². The fraction of sp³-hybridized carbons (Fsp3) is 0.385. The van der Waals surface area contributed by atoms with Crippen LogP contribution in [-0.2, 0) is 0 Å². The number of hydrogen-bond donors (Lipinski definition) is 3. The Balaban J connectivity index is 1.91. The fourth-order valence-corrected chi connectivity index (χ4v) is 3.35. The van der Waals surface area contributed by atoms with Crippen molar-refractivity contribution in [1.29, 1.82) is 0 Å². The molecule has 0 unspecified atom stereocenters. The Bertz CT molecular complexity index is 628. The number of fused-ring (bicyclic) bond motifs is 1. The second kappa shape index (κ2) is 4.47. The first-order valence-corrected chi connectivity index (χ1v) is 7.02. The number of carbonyl (C=O) groups excluding carboxylic acids is 1. The summed E-state index contributed by atoms with van der Waals surface area (Å²) in [6, 6.07) is 1.81. The van der Waals surface area contributed by atoms with Gasteiger partial charge in [0.05, 0.1) is 22.5 Å². The number of hydrogen-bond acceptors (Lipinski definition) is 5. The summed E-state index contributed by atoms with van der Waals surface area (Å²) in [7, 11) is 0. The summed E-state index contributed by atoms with van der Waals surface area (Å²) in [5.41, 5.74) is 6.07. The highest BCUT2D eigenvalue weighted by atomic mass is 32.1. The van der Waals surface area contributed by atoms with Gasteiger partial charge in [-0.2, -0.15) is 0 Å². The van der Waals surface area contributed by atoms with Crippen LogP contribution in [0.4, 0.5) is 5.69 Å². The third-order valence-electron chi connectivity index (χ3n) is 3.73. The predicted molar refractivity (Wildman–Crippen MR) is 75.2 cm³/mol. The monoisotopic (exact) mass is 277 g/mol. The predicted octanol–water partition coefficient (Wildman–Crippen LogP) is 1.52. The van der Waals surface area contributed by atoms with Gasteiger partial charge in [-0.1, -0.05) is 0 Å². The Kier molecular flexibility index (Phi) is 2.91. The number of thiophene rings is 1. The van der Waals surface area contributed by atoms with Gasteiger partial charge in [0.1, 0.15) is 4.88 Å². The number of pyridine rings is 1. The Morgan fingerprint density at radius 3 is 2.95 bits per heavy atom. The maximum atomic E-state index is 12.3. The molecule has 1 aliphatic rings. The van der Waals surface area contributed by atoms with Crippen molar-refractivity contribution in [2.75, 3.05) is 12.3 Å². The Morgan fingerprint density at radius 1 is 1.58 bits per heavy atom. The number of aliphatic hydroxyl groups is 1. The Hall–Kier alpha value is -1.66. The van der Waals surface area contributed by atoms with Gasteiger partial charge in [-0.3, -0.25) is 9.78 Å². The summed E-state index contributed by atoms with van der Waals surface area (Å²) >= 11 is 1.34. The normalized spacial score (nSPS) is 17.1. The van der Waals surface area contributed by atoms with Crippen molar-refractivity contribution in [3.8, 4) is 0 Å². The minimum atomic E-state index is -0.446. The number of amides is 1. The molecule has 2 aromatic heterocycles. The lowest BCUT2D eigenvalue weighted by molar-refractivity contribution is 0.0646. The topological polar surface area (TPSA) is 88.2 Å². The number of carbonyl (C=O) groups is 1. The molecular formula is C13H15N3O2S. The van der Waals surface area contributed by atoms with Crippen molar-refractivity contribution in [2.45, 2.75) is 24.8 Å². The molecule has 2 aromatic rings. The van der Waals surface area contributed by atoms with Crippen molar-refractivity contribution in [3.63, 3.8) is 0 Å². The molecule has 1 saturated carbocycles. The maximum absolute atomic E-state index is 12.3. The summed E-state index contributed by atoms with van der Waals surface area (Å²) in [4.78, 5) is 16.8. The zero-order valence-electron chi connectivity index (χ0n) is 10.3. The van der Waals surface area contributed by atoms with Crippen LogP contribution in [0.2, 0.25) is 0 Å². The zero-order chi connectivity index (χ0) is 13.5. The van der Waals surface area contributed by atoms with E-state index in [4.69, 9.17) is 5.73 Å². The van der Waals surface area contributed by atoms with E-state index in [0.717, 1.165) is 29.3 Å². The van der Waals surface area contributed by atoms with E-state index in [-0.39, 0.29) is 12.5 Å². The van der Waals surface area contributed by atoms with Gasteiger partial charge in [-0.15, -0.1) is 11.3 Å². The average molecular weight is 277 g/mol. The molecule has 6 heteroatoms. The largest absolute Gasteiger partial charge is 0.397 e. The lowest BCUT2D eigenvalue weighted by Crippen LogP contribution is -2.56. The Labute approximate surface area is 114 Å². The number of nitrogens with one attached hydrogen (secondary N) is 1. The second-order valence-corrected chi connectivity index (χ2v) is 6.02. The Morgan fingerprint density at radius 2 is 2.37 bits per heavy atom. The number of nitrogens with zero attached hydrogens (tertiary/aromatic N) is 1. The molecule has 5 nitrogen and oxygen atoms in total. The molecule has 0 aliphatic heterocycles. The van der Waals surface area contributed by atoms with Crippen LogP contribution in [-0.4, -0.2) is 28.1 Å². The smallest absolute Gasteiger partial charge is 0.264 e. The molecule has 0 atom stereocenters. The number of rotatable bonds is 3. The molecule has 3 rings (SSSR count). The highest BCUT2D eigenvalue weighted by Gasteiger charge is 2.38. The highest BCUT2D eigenvalue weighted by molar-refractivity contribution is 7.21. The van der Waals surface area contributed by atoms with Crippen molar-refractivity contribution in [1.82, 2.24) is 10.3 Å². The van der Waals surface area contributed by atoms with Crippen molar-refractivity contribution >= 4 is 33.0 Å². The third-order valence-corrected chi connectivity index (χ3v) is 4.88. The van der Waals surface area contributed by atoms with Gasteiger partial charge in [0.25, 0.3) is 5.91 Å². The molecule has 19 heavy (non-hydrogen) atoms. The second-order valence-electron chi connectivity index (χ2n) is 4.96. The van der Waals surface area contributed by atoms with Crippen LogP contribution < -0.4 is 11.1 Å². The van der Waals surface area contributed by atoms with Gasteiger partial charge < -0.3 is 16.2 Å². The van der Waals surface area contributed by atoms with E-state index in [1.165, 1.54) is 11.3 Å². The van der Waals surface area contributed by atoms with Crippen LogP contribution in [0.25, 0.3) is 10.1 Å². The van der Waals surface area contributed by atoms with Crippen molar-refractivity contribution in [3.05, 3.63) is 23.3 Å². The van der Waals surface area contributed by atoms with Gasteiger partial charge in [-0.05, 0) is 25.3 Å². The number of aliphatic hydroxyl groups excluding tert-OH is 1. The average Bonchev–Trinajstić information content (AvgIpc) is 2.72. The molecule has 2 heterocycles. The number of nitrogens with two attached hydrogens (primary N) is 1. The van der Waals surface area contributed by atoms with E-state index >= 15 is 0 Å². The van der Waals surface area contributed by atoms with E-state index in [2.05, 4.69) is 10.3 Å². The first-order chi connectivity index (χ1) is 9.15. The maximum Gasteiger partial charge on any atom is 0.264 e. The van der Waals surface area contributed by atoms with E-state index in [0.29, 0.717) is 10.6 Å². The van der Waals surface area contributed by atoms with Gasteiger partial charge in [0.15, 0.2) is 0 Å². The summed E-state index contributed by atoms with van der Waals surface area (Å²) < 4.78 is 0.900. The zero-order valence-corrected chi connectivity index (χ0v) is 11.2. The van der Waals surface area contributed by atoms with Crippen LogP contribution in [0.1, 0.15) is 28.9 Å². The molecule has 0 bridgehead atoms. The van der Waals surface area contributed by atoms with Crippen LogP contribution in [0.3, 0.4) is 0 Å². The van der Waals surface area contributed by atoms with Crippen LogP contribution in [0.5, 0.6) is 0 Å². The van der Waals surface area contributed by atoms with Gasteiger partial charge in [0.2, 0.25) is 0 Å². The fourth-order valence-electron chi connectivity index (χ4n) is 2.36. The van der Waals surface area contributed by atoms with Gasteiger partial charge in [0, 0.05) is 17.8 Å². The molecule has 4 N–H and O–H groups in total. The lowest BCUT2D eigenvalue weighted by Gasteiger charge is -2.40. The first-order valence-electron chi connectivity index (χ1n) is 6.21. The summed E-state index contributed by atoms with van der Waals surface area (Å²) in [6.07, 6.45) is 6.04.